The van der Waals surface area contributed by atoms with Gasteiger partial charge in [-0.05, 0) is 38.1 Å². The van der Waals surface area contributed by atoms with Gasteiger partial charge in [0.15, 0.2) is 11.6 Å². The number of hydrogen-bond donors (Lipinski definition) is 0. The number of hydrogen-bond acceptors (Lipinski definition) is 6. The summed E-state index contributed by atoms with van der Waals surface area (Å²) in [5.41, 5.74) is 0.673. The van der Waals surface area contributed by atoms with Crippen LogP contribution in [0.2, 0.25) is 0 Å². The Kier molecular flexibility index (Phi) is 3.45. The standard InChI is InChI=1S/C17H15N5O2/c1-11-6-7-14(23-11)16-19-9-10-22(16)12(2)17-20-15(21-24-17)13-5-3-4-8-18-13/h3-10,12H,1-2H3/t12-/m1/s1. The number of furan rings is 1. The fourth-order valence-corrected chi connectivity index (χ4v) is 2.49. The van der Waals surface area contributed by atoms with Gasteiger partial charge in [-0.2, -0.15) is 4.98 Å². The average Bonchev–Trinajstić information content (AvgIpc) is 3.35. The van der Waals surface area contributed by atoms with E-state index < -0.39 is 0 Å². The largest absolute Gasteiger partial charge is 0.458 e. The Morgan fingerprint density at radius 2 is 2.00 bits per heavy atom. The second kappa shape index (κ2) is 5.77. The van der Waals surface area contributed by atoms with E-state index in [1.807, 2.05) is 54.9 Å². The van der Waals surface area contributed by atoms with Gasteiger partial charge in [0, 0.05) is 18.6 Å². The minimum atomic E-state index is -0.183. The zero-order valence-electron chi connectivity index (χ0n) is 13.2. The van der Waals surface area contributed by atoms with Crippen molar-refractivity contribution in [1.29, 1.82) is 0 Å². The summed E-state index contributed by atoms with van der Waals surface area (Å²) in [6.45, 7) is 3.87. The third-order valence-corrected chi connectivity index (χ3v) is 3.74. The van der Waals surface area contributed by atoms with Gasteiger partial charge in [0.05, 0.1) is 0 Å². The molecule has 0 fully saturated rings. The average molecular weight is 321 g/mol. The Balaban J connectivity index is 1.67. The maximum atomic E-state index is 5.67. The highest BCUT2D eigenvalue weighted by Gasteiger charge is 2.21. The molecule has 7 heteroatoms. The van der Waals surface area contributed by atoms with Crippen molar-refractivity contribution in [2.24, 2.45) is 0 Å². The first-order chi connectivity index (χ1) is 11.7. The van der Waals surface area contributed by atoms with Gasteiger partial charge >= 0.3 is 0 Å². The van der Waals surface area contributed by atoms with Gasteiger partial charge in [-0.1, -0.05) is 11.2 Å². The van der Waals surface area contributed by atoms with Crippen LogP contribution in [0.5, 0.6) is 0 Å². The van der Waals surface area contributed by atoms with Crippen molar-refractivity contribution in [3.05, 3.63) is 60.6 Å². The number of imidazole rings is 1. The molecule has 1 atom stereocenters. The lowest BCUT2D eigenvalue weighted by atomic mass is 10.3. The summed E-state index contributed by atoms with van der Waals surface area (Å²) in [5, 5.41) is 4.02. The lowest BCUT2D eigenvalue weighted by Gasteiger charge is -2.11. The maximum Gasteiger partial charge on any atom is 0.249 e. The minimum Gasteiger partial charge on any atom is -0.458 e. The summed E-state index contributed by atoms with van der Waals surface area (Å²) >= 11 is 0. The maximum absolute atomic E-state index is 5.67. The number of rotatable bonds is 4. The molecule has 4 aromatic heterocycles. The summed E-state index contributed by atoms with van der Waals surface area (Å²) in [6.07, 6.45) is 5.28. The fourth-order valence-electron chi connectivity index (χ4n) is 2.49. The second-order valence-corrected chi connectivity index (χ2v) is 5.42. The SMILES string of the molecule is Cc1ccc(-c2nccn2[C@H](C)c2nc(-c3ccccn3)no2)o1. The van der Waals surface area contributed by atoms with Crippen LogP contribution in [0.25, 0.3) is 23.1 Å². The van der Waals surface area contributed by atoms with Crippen LogP contribution in [0.3, 0.4) is 0 Å². The summed E-state index contributed by atoms with van der Waals surface area (Å²) in [6, 6.07) is 9.19. The first kappa shape index (κ1) is 14.4. The molecule has 0 unspecified atom stereocenters. The predicted molar refractivity (Wildman–Crippen MR) is 86.0 cm³/mol. The van der Waals surface area contributed by atoms with E-state index >= 15 is 0 Å². The molecule has 0 bridgehead atoms. The molecule has 4 rings (SSSR count). The molecule has 0 saturated heterocycles. The molecule has 0 aromatic carbocycles. The summed E-state index contributed by atoms with van der Waals surface area (Å²) < 4.78 is 13.0. The molecule has 0 aliphatic rings. The molecule has 24 heavy (non-hydrogen) atoms. The van der Waals surface area contributed by atoms with E-state index in [2.05, 4.69) is 20.1 Å². The number of nitrogens with zero attached hydrogens (tertiary/aromatic N) is 5. The lowest BCUT2D eigenvalue weighted by Crippen LogP contribution is -2.07. The lowest BCUT2D eigenvalue weighted by molar-refractivity contribution is 0.345. The van der Waals surface area contributed by atoms with Crippen molar-refractivity contribution in [1.82, 2.24) is 24.7 Å². The van der Waals surface area contributed by atoms with Crippen molar-refractivity contribution < 1.29 is 8.94 Å². The molecular weight excluding hydrogens is 306 g/mol. The van der Waals surface area contributed by atoms with Crippen molar-refractivity contribution >= 4 is 0 Å². The molecule has 0 aliphatic heterocycles. The van der Waals surface area contributed by atoms with Crippen molar-refractivity contribution in [2.45, 2.75) is 19.9 Å². The summed E-state index contributed by atoms with van der Waals surface area (Å²) in [4.78, 5) is 13.1. The van der Waals surface area contributed by atoms with E-state index in [4.69, 9.17) is 8.94 Å². The summed E-state index contributed by atoms with van der Waals surface area (Å²) in [5.74, 6) is 3.20. The Hall–Kier alpha value is -3.22. The molecule has 0 radical (unpaired) electrons. The Morgan fingerprint density at radius 1 is 1.08 bits per heavy atom. The third kappa shape index (κ3) is 2.50. The molecule has 120 valence electrons. The van der Waals surface area contributed by atoms with Crippen LogP contribution in [-0.2, 0) is 0 Å². The van der Waals surface area contributed by atoms with Crippen molar-refractivity contribution in [3.63, 3.8) is 0 Å². The van der Waals surface area contributed by atoms with E-state index in [9.17, 15) is 0 Å². The first-order valence-corrected chi connectivity index (χ1v) is 7.57. The van der Waals surface area contributed by atoms with Crippen molar-refractivity contribution in [2.75, 3.05) is 0 Å². The molecule has 0 aliphatic carbocycles. The van der Waals surface area contributed by atoms with Gasteiger partial charge in [0.1, 0.15) is 17.5 Å². The van der Waals surface area contributed by atoms with E-state index in [0.717, 1.165) is 5.76 Å². The third-order valence-electron chi connectivity index (χ3n) is 3.74. The van der Waals surface area contributed by atoms with Gasteiger partial charge in [-0.3, -0.25) is 4.98 Å². The zero-order valence-corrected chi connectivity index (χ0v) is 13.2. The zero-order chi connectivity index (χ0) is 16.5. The number of aryl methyl sites for hydroxylation is 1. The number of aromatic nitrogens is 5. The van der Waals surface area contributed by atoms with Gasteiger partial charge in [0.25, 0.3) is 0 Å². The monoisotopic (exact) mass is 321 g/mol. The molecule has 0 N–H and O–H groups in total. The topological polar surface area (TPSA) is 82.8 Å². The smallest absolute Gasteiger partial charge is 0.249 e. The summed E-state index contributed by atoms with van der Waals surface area (Å²) in [7, 11) is 0. The van der Waals surface area contributed by atoms with Gasteiger partial charge in [0.2, 0.25) is 11.7 Å². The van der Waals surface area contributed by atoms with Gasteiger partial charge in [-0.15, -0.1) is 0 Å². The number of pyridine rings is 1. The van der Waals surface area contributed by atoms with Crippen LogP contribution in [0.1, 0.15) is 24.6 Å². The molecule has 4 heterocycles. The molecule has 7 nitrogen and oxygen atoms in total. The molecule has 4 aromatic rings. The van der Waals surface area contributed by atoms with Crippen LogP contribution < -0.4 is 0 Å². The van der Waals surface area contributed by atoms with E-state index in [1.54, 1.807) is 12.4 Å². The van der Waals surface area contributed by atoms with Crippen molar-refractivity contribution in [3.8, 4) is 23.1 Å². The van der Waals surface area contributed by atoms with E-state index in [1.165, 1.54) is 0 Å². The van der Waals surface area contributed by atoms with Gasteiger partial charge in [-0.25, -0.2) is 4.98 Å². The Bertz CT molecular complexity index is 954. The van der Waals surface area contributed by atoms with E-state index in [-0.39, 0.29) is 6.04 Å². The quantitative estimate of drug-likeness (QED) is 0.572. The molecule has 0 amide bonds. The molecule has 0 spiro atoms. The molecular formula is C17H15N5O2. The highest BCUT2D eigenvalue weighted by molar-refractivity contribution is 5.49. The second-order valence-electron chi connectivity index (χ2n) is 5.42. The minimum absolute atomic E-state index is 0.183. The first-order valence-electron chi connectivity index (χ1n) is 7.57. The fraction of sp³-hybridized carbons (Fsp3) is 0.176. The Morgan fingerprint density at radius 3 is 2.75 bits per heavy atom. The predicted octanol–water partition coefficient (Wildman–Crippen LogP) is 3.51. The van der Waals surface area contributed by atoms with Crippen LogP contribution in [0, 0.1) is 6.92 Å². The van der Waals surface area contributed by atoms with Crippen LogP contribution >= 0.6 is 0 Å². The van der Waals surface area contributed by atoms with E-state index in [0.29, 0.717) is 29.0 Å². The van der Waals surface area contributed by atoms with Gasteiger partial charge < -0.3 is 13.5 Å². The van der Waals surface area contributed by atoms with Crippen LogP contribution in [0.4, 0.5) is 0 Å². The Labute approximate surface area is 138 Å². The highest BCUT2D eigenvalue weighted by Crippen LogP contribution is 2.26. The van der Waals surface area contributed by atoms with Crippen LogP contribution in [-0.4, -0.2) is 24.7 Å². The normalized spacial score (nSPS) is 12.4. The van der Waals surface area contributed by atoms with Crippen LogP contribution in [0.15, 0.2) is 57.9 Å². The molecule has 0 saturated carbocycles. The highest BCUT2D eigenvalue weighted by atomic mass is 16.5.